The van der Waals surface area contributed by atoms with Crippen LogP contribution in [0.1, 0.15) is 36.6 Å². The summed E-state index contributed by atoms with van der Waals surface area (Å²) in [5.41, 5.74) is 1.20. The Hall–Kier alpha value is -2.13. The molecule has 0 aromatic carbocycles. The number of hydrogen-bond donors (Lipinski definition) is 2. The van der Waals surface area contributed by atoms with Gasteiger partial charge >= 0.3 is 0 Å². The van der Waals surface area contributed by atoms with Crippen LogP contribution >= 0.6 is 0 Å². The zero-order valence-corrected chi connectivity index (χ0v) is 16.6. The minimum Gasteiger partial charge on any atom is -0.367 e. The number of hydrogen-bond acceptors (Lipinski definition) is 6. The van der Waals surface area contributed by atoms with Gasteiger partial charge in [-0.15, -0.1) is 0 Å². The van der Waals surface area contributed by atoms with Crippen LogP contribution in [-0.4, -0.2) is 73.2 Å². The first-order valence-corrected chi connectivity index (χ1v) is 10.3. The molecule has 3 saturated heterocycles. The van der Waals surface area contributed by atoms with Gasteiger partial charge in [-0.25, -0.2) is 8.78 Å². The van der Waals surface area contributed by atoms with Crippen LogP contribution in [0.5, 0.6) is 0 Å². The Labute approximate surface area is 168 Å². The molecule has 2 amide bonds. The number of carbonyl (C=O) groups excluding carboxylic acids is 2. The molecule has 0 spiro atoms. The van der Waals surface area contributed by atoms with Crippen LogP contribution in [0.4, 0.5) is 14.5 Å². The van der Waals surface area contributed by atoms with E-state index in [1.54, 1.807) is 6.92 Å². The van der Waals surface area contributed by atoms with E-state index in [4.69, 9.17) is 0 Å². The molecule has 3 atom stereocenters. The molecule has 158 valence electrons. The molecule has 29 heavy (non-hydrogen) atoms. The average Bonchev–Trinajstić information content (AvgIpc) is 2.70. The van der Waals surface area contributed by atoms with Gasteiger partial charge < -0.3 is 10.2 Å². The maximum Gasteiger partial charge on any atom is 0.235 e. The highest BCUT2D eigenvalue weighted by Crippen LogP contribution is 2.32. The number of imide groups is 1. The molecule has 0 radical (unpaired) electrons. The van der Waals surface area contributed by atoms with Crippen molar-refractivity contribution in [2.45, 2.75) is 44.3 Å². The van der Waals surface area contributed by atoms with Crippen molar-refractivity contribution >= 4 is 17.5 Å². The Kier molecular flexibility index (Phi) is 5.78. The normalized spacial score (nSPS) is 29.1. The molecule has 4 rings (SSSR count). The lowest BCUT2D eigenvalue weighted by Gasteiger charge is -2.43. The predicted molar refractivity (Wildman–Crippen MR) is 104 cm³/mol. The van der Waals surface area contributed by atoms with Gasteiger partial charge in [-0.3, -0.25) is 24.8 Å². The first-order chi connectivity index (χ1) is 13.9. The summed E-state index contributed by atoms with van der Waals surface area (Å²) in [6.07, 6.45) is 0.0771. The molecule has 9 heteroatoms. The van der Waals surface area contributed by atoms with Gasteiger partial charge in [-0.05, 0) is 19.8 Å². The van der Waals surface area contributed by atoms with Crippen LogP contribution in [0.3, 0.4) is 0 Å². The molecule has 0 saturated carbocycles. The molecule has 3 aliphatic heterocycles. The lowest BCUT2D eigenvalue weighted by Crippen LogP contribution is -2.57. The Morgan fingerprint density at radius 1 is 1.17 bits per heavy atom. The SMILES string of the molecule is Cc1nc(C2CCC(=O)NC2=O)c(F)cc1N1CC[C@@H](N2CCNCC2)[C@@H](F)C1. The number of pyridine rings is 1. The largest absolute Gasteiger partial charge is 0.367 e. The fourth-order valence-electron chi connectivity index (χ4n) is 4.65. The summed E-state index contributed by atoms with van der Waals surface area (Å²) in [5.74, 6) is -2.21. The first kappa shape index (κ1) is 20.2. The monoisotopic (exact) mass is 407 g/mol. The molecular formula is C20H27F2N5O2. The number of halogens is 2. The number of aromatic nitrogens is 1. The Morgan fingerprint density at radius 2 is 1.93 bits per heavy atom. The number of nitrogens with one attached hydrogen (secondary N) is 2. The van der Waals surface area contributed by atoms with Crippen molar-refractivity contribution in [2.24, 2.45) is 0 Å². The number of alkyl halides is 1. The molecule has 3 aliphatic rings. The third kappa shape index (κ3) is 4.11. The zero-order valence-electron chi connectivity index (χ0n) is 16.6. The minimum atomic E-state index is -1.01. The highest BCUT2D eigenvalue weighted by atomic mass is 19.1. The quantitative estimate of drug-likeness (QED) is 0.725. The number of rotatable bonds is 3. The van der Waals surface area contributed by atoms with Gasteiger partial charge in [-0.2, -0.15) is 0 Å². The molecule has 4 heterocycles. The summed E-state index contributed by atoms with van der Waals surface area (Å²) < 4.78 is 29.8. The average molecular weight is 407 g/mol. The van der Waals surface area contributed by atoms with Crippen molar-refractivity contribution in [3.8, 4) is 0 Å². The van der Waals surface area contributed by atoms with Gasteiger partial charge in [0.05, 0.1) is 29.5 Å². The maximum absolute atomic E-state index is 15.0. The molecule has 3 fully saturated rings. The van der Waals surface area contributed by atoms with Crippen LogP contribution in [0.15, 0.2) is 6.07 Å². The summed E-state index contributed by atoms with van der Waals surface area (Å²) >= 11 is 0. The fourth-order valence-corrected chi connectivity index (χ4v) is 4.65. The number of aryl methyl sites for hydroxylation is 1. The predicted octanol–water partition coefficient (Wildman–Crippen LogP) is 0.871. The second kappa shape index (κ2) is 8.31. The topological polar surface area (TPSA) is 77.6 Å². The van der Waals surface area contributed by atoms with Gasteiger partial charge in [0, 0.05) is 51.3 Å². The van der Waals surface area contributed by atoms with Crippen LogP contribution in [0, 0.1) is 12.7 Å². The lowest BCUT2D eigenvalue weighted by molar-refractivity contribution is -0.134. The van der Waals surface area contributed by atoms with E-state index in [2.05, 4.69) is 20.5 Å². The summed E-state index contributed by atoms with van der Waals surface area (Å²) in [6.45, 7) is 6.04. The summed E-state index contributed by atoms with van der Waals surface area (Å²) in [7, 11) is 0. The van der Waals surface area contributed by atoms with Gasteiger partial charge in [0.1, 0.15) is 12.0 Å². The molecule has 1 aromatic rings. The highest BCUT2D eigenvalue weighted by molar-refractivity contribution is 6.00. The maximum atomic E-state index is 15.0. The number of piperidine rings is 2. The zero-order chi connectivity index (χ0) is 20.5. The fraction of sp³-hybridized carbons (Fsp3) is 0.650. The Balaban J connectivity index is 1.49. The van der Waals surface area contributed by atoms with Crippen molar-refractivity contribution in [3.63, 3.8) is 0 Å². The van der Waals surface area contributed by atoms with E-state index in [9.17, 15) is 18.4 Å². The van der Waals surface area contributed by atoms with E-state index in [0.717, 1.165) is 26.2 Å². The Bertz CT molecular complexity index is 799. The van der Waals surface area contributed by atoms with Gasteiger partial charge in [0.15, 0.2) is 0 Å². The summed E-state index contributed by atoms with van der Waals surface area (Å²) in [5, 5.41) is 5.52. The van der Waals surface area contributed by atoms with Crippen molar-refractivity contribution in [2.75, 3.05) is 44.2 Å². The smallest absolute Gasteiger partial charge is 0.235 e. The standard InChI is InChI=1S/C20H27F2N5O2/c1-12-17(10-14(21)19(24-12)13-2-3-18(28)25-20(13)29)27-7-4-16(15(22)11-27)26-8-5-23-6-9-26/h10,13,15-16,23H,2-9,11H2,1H3,(H,25,28,29)/t13?,15-,16+/m0/s1. The molecule has 0 bridgehead atoms. The van der Waals surface area contributed by atoms with Gasteiger partial charge in [-0.1, -0.05) is 0 Å². The van der Waals surface area contributed by atoms with Crippen molar-refractivity contribution in [1.82, 2.24) is 20.5 Å². The second-order valence-corrected chi connectivity index (χ2v) is 8.07. The molecule has 7 nitrogen and oxygen atoms in total. The van der Waals surface area contributed by atoms with Crippen LogP contribution < -0.4 is 15.5 Å². The van der Waals surface area contributed by atoms with Crippen molar-refractivity contribution < 1.29 is 18.4 Å². The lowest BCUT2D eigenvalue weighted by atomic mass is 9.93. The molecule has 1 aromatic heterocycles. The van der Waals surface area contributed by atoms with E-state index >= 15 is 0 Å². The van der Waals surface area contributed by atoms with E-state index in [1.807, 2.05) is 4.90 Å². The van der Waals surface area contributed by atoms with Gasteiger partial charge in [0.2, 0.25) is 11.8 Å². The summed E-state index contributed by atoms with van der Waals surface area (Å²) in [6, 6.07) is 1.26. The third-order valence-electron chi connectivity index (χ3n) is 6.20. The van der Waals surface area contributed by atoms with Crippen LogP contribution in [-0.2, 0) is 9.59 Å². The number of carbonyl (C=O) groups is 2. The van der Waals surface area contributed by atoms with Crippen molar-refractivity contribution in [1.29, 1.82) is 0 Å². The number of anilines is 1. The third-order valence-corrected chi connectivity index (χ3v) is 6.20. The second-order valence-electron chi connectivity index (χ2n) is 8.07. The number of piperazine rings is 1. The van der Waals surface area contributed by atoms with E-state index in [-0.39, 0.29) is 37.0 Å². The summed E-state index contributed by atoms with van der Waals surface area (Å²) in [4.78, 5) is 31.8. The van der Waals surface area contributed by atoms with Crippen molar-refractivity contribution in [3.05, 3.63) is 23.3 Å². The van der Waals surface area contributed by atoms with Crippen LogP contribution in [0.2, 0.25) is 0 Å². The highest BCUT2D eigenvalue weighted by Gasteiger charge is 2.36. The number of amides is 2. The molecular weight excluding hydrogens is 380 g/mol. The molecule has 2 N–H and O–H groups in total. The molecule has 1 unspecified atom stereocenters. The Morgan fingerprint density at radius 3 is 2.62 bits per heavy atom. The van der Waals surface area contributed by atoms with E-state index in [0.29, 0.717) is 24.3 Å². The first-order valence-electron chi connectivity index (χ1n) is 10.3. The number of nitrogens with zero attached hydrogens (tertiary/aromatic N) is 3. The minimum absolute atomic E-state index is 0.0590. The molecule has 0 aliphatic carbocycles. The van der Waals surface area contributed by atoms with E-state index in [1.165, 1.54) is 6.07 Å². The van der Waals surface area contributed by atoms with Gasteiger partial charge in [0.25, 0.3) is 0 Å². The van der Waals surface area contributed by atoms with E-state index < -0.39 is 23.8 Å². The van der Waals surface area contributed by atoms with Crippen LogP contribution in [0.25, 0.3) is 0 Å².